The topological polar surface area (TPSA) is 26.3 Å². The summed E-state index contributed by atoms with van der Waals surface area (Å²) in [5.41, 5.74) is 3.04. The zero-order chi connectivity index (χ0) is 11.5. The summed E-state index contributed by atoms with van der Waals surface area (Å²) in [5.74, 6) is 1.05. The molecule has 0 heterocycles. The number of hydrogen-bond donors (Lipinski definition) is 0. The van der Waals surface area contributed by atoms with Crippen molar-refractivity contribution in [3.8, 4) is 5.75 Å². The van der Waals surface area contributed by atoms with Crippen LogP contribution in [0.2, 0.25) is 0 Å². The highest BCUT2D eigenvalue weighted by Crippen LogP contribution is 2.31. The van der Waals surface area contributed by atoms with E-state index >= 15 is 0 Å². The molecule has 1 aromatic carbocycles. The molecule has 2 heteroatoms. The largest absolute Gasteiger partial charge is 0.496 e. The van der Waals surface area contributed by atoms with E-state index in [-0.39, 0.29) is 5.78 Å². The summed E-state index contributed by atoms with van der Waals surface area (Å²) in [6.45, 7) is 3.74. The first-order valence-electron chi connectivity index (χ1n) is 5.60. The van der Waals surface area contributed by atoms with Gasteiger partial charge in [-0.3, -0.25) is 4.79 Å². The highest BCUT2D eigenvalue weighted by Gasteiger charge is 2.22. The minimum absolute atomic E-state index is 0.247. The molecule has 1 aliphatic rings. The van der Waals surface area contributed by atoms with Crippen LogP contribution in [0.5, 0.6) is 5.75 Å². The summed E-state index contributed by atoms with van der Waals surface area (Å²) < 4.78 is 5.31. The van der Waals surface area contributed by atoms with Crippen LogP contribution >= 0.6 is 0 Å². The van der Waals surface area contributed by atoms with Crippen molar-refractivity contribution in [1.29, 1.82) is 0 Å². The van der Waals surface area contributed by atoms with Crippen molar-refractivity contribution in [2.24, 2.45) is 0 Å². The fourth-order valence-electron chi connectivity index (χ4n) is 2.34. The Labute approximate surface area is 95.9 Å². The van der Waals surface area contributed by atoms with Crippen molar-refractivity contribution in [2.75, 3.05) is 7.11 Å². The summed E-state index contributed by atoms with van der Waals surface area (Å²) in [6.07, 6.45) is 5.13. The smallest absolute Gasteiger partial charge is 0.163 e. The number of hydrogen-bond acceptors (Lipinski definition) is 2. The van der Waals surface area contributed by atoms with Crippen LogP contribution in [0.4, 0.5) is 0 Å². The molecular weight excluding hydrogens is 200 g/mol. The van der Waals surface area contributed by atoms with Crippen molar-refractivity contribution < 1.29 is 9.53 Å². The average molecular weight is 216 g/mol. The van der Waals surface area contributed by atoms with Crippen molar-refractivity contribution in [1.82, 2.24) is 0 Å². The molecule has 0 radical (unpaired) electrons. The molecule has 0 aliphatic heterocycles. The van der Waals surface area contributed by atoms with Gasteiger partial charge in [0.05, 0.1) is 7.11 Å². The lowest BCUT2D eigenvalue weighted by molar-refractivity contribution is 0.0971. The zero-order valence-corrected chi connectivity index (χ0v) is 9.58. The first-order valence-corrected chi connectivity index (χ1v) is 5.60. The summed E-state index contributed by atoms with van der Waals surface area (Å²) in [7, 11) is 1.64. The average Bonchev–Trinajstić information content (AvgIpc) is 2.30. The van der Waals surface area contributed by atoms with Crippen molar-refractivity contribution in [2.45, 2.75) is 25.7 Å². The molecule has 0 saturated heterocycles. The van der Waals surface area contributed by atoms with Crippen LogP contribution in [-0.2, 0) is 12.8 Å². The Kier molecular flexibility index (Phi) is 3.09. The lowest BCUT2D eigenvalue weighted by Gasteiger charge is -2.20. The second kappa shape index (κ2) is 4.52. The maximum atomic E-state index is 12.0. The Balaban J connectivity index is 2.60. The normalized spacial score (nSPS) is 14.4. The molecule has 16 heavy (non-hydrogen) atoms. The first-order chi connectivity index (χ1) is 7.77. The van der Waals surface area contributed by atoms with Crippen molar-refractivity contribution >= 4 is 5.78 Å². The van der Waals surface area contributed by atoms with Crippen molar-refractivity contribution in [3.63, 3.8) is 0 Å². The molecule has 2 nitrogen and oxygen atoms in total. The van der Waals surface area contributed by atoms with E-state index in [1.54, 1.807) is 7.11 Å². The fraction of sp³-hybridized carbons (Fsp3) is 0.357. The number of ether oxygens (including phenoxy) is 1. The summed E-state index contributed by atoms with van der Waals surface area (Å²) in [6, 6.07) is 3.97. The molecule has 0 saturated carbocycles. The molecule has 0 aromatic heterocycles. The predicted octanol–water partition coefficient (Wildman–Crippen LogP) is 2.94. The number of Topliss-reactive ketones (excluding diaryl/α,β-unsaturated/α-hetero) is 1. The van der Waals surface area contributed by atoms with Gasteiger partial charge in [-0.2, -0.15) is 0 Å². The SMILES string of the molecule is C=CCc1c(OC)ccc2c1C(=O)CCC2. The third-order valence-electron chi connectivity index (χ3n) is 3.05. The van der Waals surface area contributed by atoms with Crippen LogP contribution in [0.3, 0.4) is 0 Å². The first kappa shape index (κ1) is 10.9. The Morgan fingerprint density at radius 2 is 2.25 bits per heavy atom. The van der Waals surface area contributed by atoms with E-state index in [2.05, 4.69) is 6.58 Å². The third kappa shape index (κ3) is 1.75. The van der Waals surface area contributed by atoms with Gasteiger partial charge >= 0.3 is 0 Å². The van der Waals surface area contributed by atoms with Gasteiger partial charge in [0.2, 0.25) is 0 Å². The number of carbonyl (C=O) groups excluding carboxylic acids is 1. The van der Waals surface area contributed by atoms with E-state index in [1.165, 1.54) is 0 Å². The number of rotatable bonds is 3. The summed E-state index contributed by atoms with van der Waals surface area (Å²) in [4.78, 5) is 12.0. The van der Waals surface area contributed by atoms with Crippen LogP contribution < -0.4 is 4.74 Å². The fourth-order valence-corrected chi connectivity index (χ4v) is 2.34. The van der Waals surface area contributed by atoms with E-state index < -0.39 is 0 Å². The van der Waals surface area contributed by atoms with Gasteiger partial charge in [0.15, 0.2) is 5.78 Å². The molecule has 0 fully saturated rings. The highest BCUT2D eigenvalue weighted by molar-refractivity contribution is 6.00. The maximum Gasteiger partial charge on any atom is 0.163 e. The molecule has 0 bridgehead atoms. The van der Waals surface area contributed by atoms with Gasteiger partial charge in [-0.15, -0.1) is 6.58 Å². The van der Waals surface area contributed by atoms with Crippen molar-refractivity contribution in [3.05, 3.63) is 41.5 Å². The molecule has 1 aromatic rings. The molecule has 84 valence electrons. The van der Waals surface area contributed by atoms with Gasteiger partial charge in [-0.05, 0) is 30.9 Å². The van der Waals surface area contributed by atoms with Crippen LogP contribution in [0.25, 0.3) is 0 Å². The Bertz CT molecular complexity index is 433. The molecule has 0 N–H and O–H groups in total. The summed E-state index contributed by atoms with van der Waals surface area (Å²) >= 11 is 0. The molecule has 2 rings (SSSR count). The number of carbonyl (C=O) groups is 1. The van der Waals surface area contributed by atoms with Gasteiger partial charge in [-0.1, -0.05) is 12.1 Å². The zero-order valence-electron chi connectivity index (χ0n) is 9.58. The number of fused-ring (bicyclic) bond motifs is 1. The maximum absolute atomic E-state index is 12.0. The van der Waals surface area contributed by atoms with E-state index in [0.717, 1.165) is 35.3 Å². The van der Waals surface area contributed by atoms with Crippen LogP contribution in [0, 0.1) is 0 Å². The minimum Gasteiger partial charge on any atom is -0.496 e. The monoisotopic (exact) mass is 216 g/mol. The highest BCUT2D eigenvalue weighted by atomic mass is 16.5. The quantitative estimate of drug-likeness (QED) is 0.726. The van der Waals surface area contributed by atoms with E-state index in [1.807, 2.05) is 18.2 Å². The molecule has 0 amide bonds. The molecule has 0 atom stereocenters. The third-order valence-corrected chi connectivity index (χ3v) is 3.05. The van der Waals surface area contributed by atoms with Gasteiger partial charge in [0.1, 0.15) is 5.75 Å². The van der Waals surface area contributed by atoms with E-state index in [0.29, 0.717) is 12.8 Å². The lowest BCUT2D eigenvalue weighted by Crippen LogP contribution is -2.14. The number of benzene rings is 1. The molecule has 0 spiro atoms. The number of aryl methyl sites for hydroxylation is 1. The van der Waals surface area contributed by atoms with Gasteiger partial charge in [0, 0.05) is 17.5 Å². The van der Waals surface area contributed by atoms with Crippen LogP contribution in [0.1, 0.15) is 34.3 Å². The van der Waals surface area contributed by atoms with Crippen LogP contribution in [0.15, 0.2) is 24.8 Å². The minimum atomic E-state index is 0.247. The predicted molar refractivity (Wildman–Crippen MR) is 64.2 cm³/mol. The molecule has 0 unspecified atom stereocenters. The Morgan fingerprint density at radius 1 is 1.44 bits per heavy atom. The lowest BCUT2D eigenvalue weighted by atomic mass is 9.86. The number of ketones is 1. The molecular formula is C14H16O2. The molecule has 1 aliphatic carbocycles. The van der Waals surface area contributed by atoms with Crippen LogP contribution in [-0.4, -0.2) is 12.9 Å². The second-order valence-electron chi connectivity index (χ2n) is 4.05. The van der Waals surface area contributed by atoms with Gasteiger partial charge in [-0.25, -0.2) is 0 Å². The van der Waals surface area contributed by atoms with Gasteiger partial charge in [0.25, 0.3) is 0 Å². The number of methoxy groups -OCH3 is 1. The van der Waals surface area contributed by atoms with E-state index in [4.69, 9.17) is 4.74 Å². The summed E-state index contributed by atoms with van der Waals surface area (Å²) in [5, 5.41) is 0. The number of allylic oxidation sites excluding steroid dienone is 1. The van der Waals surface area contributed by atoms with E-state index in [9.17, 15) is 4.79 Å². The Morgan fingerprint density at radius 3 is 2.94 bits per heavy atom. The van der Waals surface area contributed by atoms with Gasteiger partial charge < -0.3 is 4.74 Å². The standard InChI is InChI=1S/C14H16O2/c1-3-5-11-13(16-2)9-8-10-6-4-7-12(15)14(10)11/h3,8-9H,1,4-7H2,2H3. The second-order valence-corrected chi connectivity index (χ2v) is 4.05. The Hall–Kier alpha value is -1.57.